The van der Waals surface area contributed by atoms with Crippen molar-refractivity contribution in [1.29, 1.82) is 0 Å². The second-order valence-electron chi connectivity index (χ2n) is 7.38. The first-order valence-electron chi connectivity index (χ1n) is 8.72. The summed E-state index contributed by atoms with van der Waals surface area (Å²) in [7, 11) is 0. The molecule has 0 atom stereocenters. The molecule has 0 unspecified atom stereocenters. The summed E-state index contributed by atoms with van der Waals surface area (Å²) >= 11 is 6.46. The lowest BCUT2D eigenvalue weighted by molar-refractivity contribution is 0.568. The smallest absolute Gasteiger partial charge is 0.165 e. The standard InChI is InChI=1S/C20H25ClN4/c1-6-11-22-17-12-16(20(3,4)5)23-19-18(13(2)24-25(17)19)14-9-7-8-10-15(14)21/h7-10,12,22H,6,11H2,1-5H3. The monoisotopic (exact) mass is 356 g/mol. The molecule has 25 heavy (non-hydrogen) atoms. The van der Waals surface area contributed by atoms with E-state index in [4.69, 9.17) is 21.7 Å². The highest BCUT2D eigenvalue weighted by Crippen LogP contribution is 2.35. The Labute approximate surface area is 154 Å². The van der Waals surface area contributed by atoms with Crippen LogP contribution in [0.25, 0.3) is 16.8 Å². The number of nitrogens with one attached hydrogen (secondary N) is 1. The molecular formula is C20H25ClN4. The Kier molecular flexibility index (Phi) is 4.74. The first-order valence-corrected chi connectivity index (χ1v) is 9.10. The summed E-state index contributed by atoms with van der Waals surface area (Å²) < 4.78 is 1.90. The molecule has 3 rings (SSSR count). The van der Waals surface area contributed by atoms with Gasteiger partial charge in [-0.1, -0.05) is 57.5 Å². The highest BCUT2D eigenvalue weighted by atomic mass is 35.5. The molecule has 0 spiro atoms. The summed E-state index contributed by atoms with van der Waals surface area (Å²) in [6.07, 6.45) is 1.05. The molecule has 5 heteroatoms. The van der Waals surface area contributed by atoms with Gasteiger partial charge in [-0.05, 0) is 19.4 Å². The van der Waals surface area contributed by atoms with Crippen LogP contribution in [-0.4, -0.2) is 21.1 Å². The number of hydrogen-bond donors (Lipinski definition) is 1. The number of anilines is 1. The maximum Gasteiger partial charge on any atom is 0.165 e. The zero-order valence-corrected chi connectivity index (χ0v) is 16.3. The van der Waals surface area contributed by atoms with Crippen molar-refractivity contribution in [1.82, 2.24) is 14.6 Å². The number of hydrogen-bond acceptors (Lipinski definition) is 3. The van der Waals surface area contributed by atoms with Crippen molar-refractivity contribution >= 4 is 23.1 Å². The van der Waals surface area contributed by atoms with E-state index >= 15 is 0 Å². The van der Waals surface area contributed by atoms with Gasteiger partial charge in [0, 0.05) is 28.6 Å². The predicted molar refractivity (Wildman–Crippen MR) is 106 cm³/mol. The molecule has 0 fully saturated rings. The van der Waals surface area contributed by atoms with Gasteiger partial charge in [0.25, 0.3) is 0 Å². The maximum atomic E-state index is 6.46. The third-order valence-corrected chi connectivity index (χ3v) is 4.56. The third-order valence-electron chi connectivity index (χ3n) is 4.23. The molecule has 2 aromatic heterocycles. The summed E-state index contributed by atoms with van der Waals surface area (Å²) in [5, 5.41) is 8.94. The van der Waals surface area contributed by atoms with Crippen LogP contribution in [-0.2, 0) is 5.41 Å². The Balaban J connectivity index is 2.32. The van der Waals surface area contributed by atoms with E-state index in [1.807, 2.05) is 35.7 Å². The minimum absolute atomic E-state index is 0.0552. The van der Waals surface area contributed by atoms with E-state index in [0.717, 1.165) is 46.9 Å². The van der Waals surface area contributed by atoms with Gasteiger partial charge in [0.05, 0.1) is 17.0 Å². The summed E-state index contributed by atoms with van der Waals surface area (Å²) in [5.74, 6) is 0.971. The molecule has 0 saturated heterocycles. The largest absolute Gasteiger partial charge is 0.370 e. The summed E-state index contributed by atoms with van der Waals surface area (Å²) in [6.45, 7) is 11.6. The van der Waals surface area contributed by atoms with Crippen molar-refractivity contribution in [2.75, 3.05) is 11.9 Å². The second kappa shape index (κ2) is 6.68. The molecule has 132 valence electrons. The lowest BCUT2D eigenvalue weighted by atomic mass is 9.92. The minimum Gasteiger partial charge on any atom is -0.370 e. The second-order valence-corrected chi connectivity index (χ2v) is 7.79. The lowest BCUT2D eigenvalue weighted by Gasteiger charge is -2.20. The Hall–Kier alpha value is -2.07. The van der Waals surface area contributed by atoms with Crippen LogP contribution in [0.4, 0.5) is 5.82 Å². The number of fused-ring (bicyclic) bond motifs is 1. The average Bonchev–Trinajstić information content (AvgIpc) is 2.88. The lowest BCUT2D eigenvalue weighted by Crippen LogP contribution is -2.16. The van der Waals surface area contributed by atoms with Crippen LogP contribution in [0.15, 0.2) is 30.3 Å². The van der Waals surface area contributed by atoms with Gasteiger partial charge in [0.2, 0.25) is 0 Å². The van der Waals surface area contributed by atoms with Crippen molar-refractivity contribution in [3.63, 3.8) is 0 Å². The molecule has 0 saturated carbocycles. The van der Waals surface area contributed by atoms with Crippen LogP contribution in [0.5, 0.6) is 0 Å². The SMILES string of the molecule is CCCNc1cc(C(C)(C)C)nc2c(-c3ccccc3Cl)c(C)nn12. The van der Waals surface area contributed by atoms with E-state index in [0.29, 0.717) is 5.02 Å². The van der Waals surface area contributed by atoms with Crippen LogP contribution in [0.2, 0.25) is 5.02 Å². The van der Waals surface area contributed by atoms with Crippen molar-refractivity contribution in [2.45, 2.75) is 46.5 Å². The Morgan fingerprint density at radius 3 is 2.56 bits per heavy atom. The van der Waals surface area contributed by atoms with Gasteiger partial charge in [-0.25, -0.2) is 4.98 Å². The van der Waals surface area contributed by atoms with E-state index in [9.17, 15) is 0 Å². The fraction of sp³-hybridized carbons (Fsp3) is 0.400. The normalized spacial score (nSPS) is 11.9. The first-order chi connectivity index (χ1) is 11.8. The third kappa shape index (κ3) is 3.36. The minimum atomic E-state index is -0.0552. The van der Waals surface area contributed by atoms with Gasteiger partial charge in [-0.2, -0.15) is 9.61 Å². The van der Waals surface area contributed by atoms with Gasteiger partial charge in [-0.3, -0.25) is 0 Å². The molecule has 0 aliphatic heterocycles. The van der Waals surface area contributed by atoms with Gasteiger partial charge in [-0.15, -0.1) is 0 Å². The van der Waals surface area contributed by atoms with Crippen molar-refractivity contribution in [3.8, 4) is 11.1 Å². The van der Waals surface area contributed by atoms with Gasteiger partial charge in [0.1, 0.15) is 5.82 Å². The van der Waals surface area contributed by atoms with E-state index in [2.05, 4.69) is 39.1 Å². The molecule has 0 radical (unpaired) electrons. The van der Waals surface area contributed by atoms with Crippen molar-refractivity contribution < 1.29 is 0 Å². The number of aromatic nitrogens is 3. The number of rotatable bonds is 4. The van der Waals surface area contributed by atoms with Crippen molar-refractivity contribution in [2.24, 2.45) is 0 Å². The van der Waals surface area contributed by atoms with Crippen molar-refractivity contribution in [3.05, 3.63) is 46.7 Å². The van der Waals surface area contributed by atoms with E-state index in [1.54, 1.807) is 0 Å². The molecule has 0 amide bonds. The van der Waals surface area contributed by atoms with E-state index in [1.165, 1.54) is 0 Å². The Morgan fingerprint density at radius 2 is 1.92 bits per heavy atom. The number of aryl methyl sites for hydroxylation is 1. The average molecular weight is 357 g/mol. The quantitative estimate of drug-likeness (QED) is 0.673. The molecule has 0 aliphatic rings. The van der Waals surface area contributed by atoms with Gasteiger partial charge in [0.15, 0.2) is 5.65 Å². The molecular weight excluding hydrogens is 332 g/mol. The molecule has 0 bridgehead atoms. The fourth-order valence-corrected chi connectivity index (χ4v) is 3.10. The molecule has 3 aromatic rings. The van der Waals surface area contributed by atoms with E-state index in [-0.39, 0.29) is 5.41 Å². The Bertz CT molecular complexity index is 906. The highest BCUT2D eigenvalue weighted by Gasteiger charge is 2.22. The molecule has 1 aromatic carbocycles. The first kappa shape index (κ1) is 17.7. The topological polar surface area (TPSA) is 42.2 Å². The van der Waals surface area contributed by atoms with Crippen LogP contribution in [0, 0.1) is 6.92 Å². The maximum absolute atomic E-state index is 6.46. The van der Waals surface area contributed by atoms with Crippen LogP contribution < -0.4 is 5.32 Å². The van der Waals surface area contributed by atoms with Gasteiger partial charge >= 0.3 is 0 Å². The zero-order chi connectivity index (χ0) is 18.2. The van der Waals surface area contributed by atoms with Crippen LogP contribution in [0.1, 0.15) is 45.5 Å². The molecule has 2 heterocycles. The molecule has 4 nitrogen and oxygen atoms in total. The summed E-state index contributed by atoms with van der Waals surface area (Å²) in [6, 6.07) is 9.97. The Morgan fingerprint density at radius 1 is 1.20 bits per heavy atom. The highest BCUT2D eigenvalue weighted by molar-refractivity contribution is 6.33. The number of halogens is 1. The summed E-state index contributed by atoms with van der Waals surface area (Å²) in [4.78, 5) is 4.96. The zero-order valence-electron chi connectivity index (χ0n) is 15.5. The summed E-state index contributed by atoms with van der Waals surface area (Å²) in [5.41, 5.74) is 4.71. The van der Waals surface area contributed by atoms with E-state index < -0.39 is 0 Å². The number of nitrogens with zero attached hydrogens (tertiary/aromatic N) is 3. The molecule has 0 aliphatic carbocycles. The van der Waals surface area contributed by atoms with Gasteiger partial charge < -0.3 is 5.32 Å². The van der Waals surface area contributed by atoms with Crippen LogP contribution >= 0.6 is 11.6 Å². The van der Waals surface area contributed by atoms with Crippen LogP contribution in [0.3, 0.4) is 0 Å². The predicted octanol–water partition coefficient (Wildman–Crippen LogP) is 5.48. The number of benzene rings is 1. The molecule has 1 N–H and O–H groups in total. The fourth-order valence-electron chi connectivity index (χ4n) is 2.87.